The summed E-state index contributed by atoms with van der Waals surface area (Å²) in [5.41, 5.74) is -0.921. The lowest BCUT2D eigenvalue weighted by atomic mass is 9.63. The van der Waals surface area contributed by atoms with Crippen molar-refractivity contribution in [1.82, 2.24) is 5.32 Å². The highest BCUT2D eigenvalue weighted by atomic mass is 32.2. The minimum Gasteiger partial charge on any atom is -0.354 e. The molecule has 1 aliphatic rings. The lowest BCUT2D eigenvalue weighted by molar-refractivity contribution is -0.133. The smallest absolute Gasteiger partial charge is 0.240 e. The Kier molecular flexibility index (Phi) is 4.15. The molecule has 17 heavy (non-hydrogen) atoms. The molecule has 1 amide bonds. The van der Waals surface area contributed by atoms with Gasteiger partial charge >= 0.3 is 0 Å². The number of sulfone groups is 1. The van der Waals surface area contributed by atoms with E-state index in [9.17, 15) is 13.2 Å². The average Bonchev–Trinajstić information content (AvgIpc) is 2.24. The van der Waals surface area contributed by atoms with Crippen molar-refractivity contribution in [2.75, 3.05) is 18.1 Å². The van der Waals surface area contributed by atoms with Gasteiger partial charge in [-0.05, 0) is 18.8 Å². The number of amides is 1. The number of nitrogens with one attached hydrogen (secondary N) is 1. The standard InChI is InChI=1S/C11H18N2O3S/c1-3-17(15,16)5-4-13-10(14)11(8-12)6-9(2)7-11/h9H,3-7H2,1-2H3,(H,13,14). The molecule has 0 aromatic rings. The molecule has 1 saturated carbocycles. The quantitative estimate of drug-likeness (QED) is 0.777. The Bertz CT molecular complexity index is 430. The van der Waals surface area contributed by atoms with E-state index in [1.807, 2.05) is 13.0 Å². The number of rotatable bonds is 5. The van der Waals surface area contributed by atoms with Crippen molar-refractivity contribution < 1.29 is 13.2 Å². The molecule has 96 valence electrons. The molecule has 1 fully saturated rings. The van der Waals surface area contributed by atoms with E-state index in [0.717, 1.165) is 0 Å². The van der Waals surface area contributed by atoms with Crippen molar-refractivity contribution in [1.29, 1.82) is 5.26 Å². The number of carbonyl (C=O) groups is 1. The predicted molar refractivity (Wildman–Crippen MR) is 63.8 cm³/mol. The van der Waals surface area contributed by atoms with Crippen LogP contribution in [0.1, 0.15) is 26.7 Å². The van der Waals surface area contributed by atoms with Crippen LogP contribution in [0.2, 0.25) is 0 Å². The lowest BCUT2D eigenvalue weighted by Crippen LogP contribution is -2.49. The predicted octanol–water partition coefficient (Wildman–Crippen LogP) is 0.477. The van der Waals surface area contributed by atoms with Gasteiger partial charge in [-0.15, -0.1) is 0 Å². The van der Waals surface area contributed by atoms with E-state index in [-0.39, 0.29) is 24.0 Å². The molecule has 0 radical (unpaired) electrons. The van der Waals surface area contributed by atoms with Crippen molar-refractivity contribution >= 4 is 15.7 Å². The Morgan fingerprint density at radius 2 is 2.12 bits per heavy atom. The highest BCUT2D eigenvalue weighted by molar-refractivity contribution is 7.91. The Morgan fingerprint density at radius 3 is 2.53 bits per heavy atom. The number of hydrogen-bond acceptors (Lipinski definition) is 4. The second-order valence-corrected chi connectivity index (χ2v) is 7.17. The fourth-order valence-electron chi connectivity index (χ4n) is 2.09. The Morgan fingerprint density at radius 1 is 1.53 bits per heavy atom. The molecule has 1 aliphatic carbocycles. The van der Waals surface area contributed by atoms with Gasteiger partial charge in [-0.2, -0.15) is 5.26 Å². The Balaban J connectivity index is 2.44. The molecule has 0 saturated heterocycles. The molecular weight excluding hydrogens is 240 g/mol. The zero-order chi connectivity index (χ0) is 13.1. The first kappa shape index (κ1) is 14.0. The van der Waals surface area contributed by atoms with Gasteiger partial charge in [0.15, 0.2) is 9.84 Å². The molecule has 0 atom stereocenters. The highest BCUT2D eigenvalue weighted by Gasteiger charge is 2.48. The zero-order valence-electron chi connectivity index (χ0n) is 10.2. The molecule has 1 rings (SSSR count). The fraction of sp³-hybridized carbons (Fsp3) is 0.818. The van der Waals surface area contributed by atoms with Crippen LogP contribution in [0.4, 0.5) is 0 Å². The van der Waals surface area contributed by atoms with Gasteiger partial charge in [0, 0.05) is 12.3 Å². The van der Waals surface area contributed by atoms with Crippen LogP contribution in [0.15, 0.2) is 0 Å². The third-order valence-corrected chi connectivity index (χ3v) is 4.89. The monoisotopic (exact) mass is 258 g/mol. The molecule has 6 heteroatoms. The molecular formula is C11H18N2O3S. The largest absolute Gasteiger partial charge is 0.354 e. The number of nitrogens with zero attached hydrogens (tertiary/aromatic N) is 1. The van der Waals surface area contributed by atoms with Crippen LogP contribution in [0.5, 0.6) is 0 Å². The Labute approximate surface area is 102 Å². The van der Waals surface area contributed by atoms with Gasteiger partial charge < -0.3 is 5.32 Å². The van der Waals surface area contributed by atoms with Gasteiger partial charge in [0.25, 0.3) is 0 Å². The number of carbonyl (C=O) groups excluding carboxylic acids is 1. The van der Waals surface area contributed by atoms with Crippen molar-refractivity contribution in [2.24, 2.45) is 11.3 Å². The van der Waals surface area contributed by atoms with Gasteiger partial charge in [-0.1, -0.05) is 13.8 Å². The minimum absolute atomic E-state index is 0.0632. The number of nitriles is 1. The summed E-state index contributed by atoms with van der Waals surface area (Å²) < 4.78 is 22.4. The maximum atomic E-state index is 11.8. The molecule has 0 unspecified atom stereocenters. The van der Waals surface area contributed by atoms with Gasteiger partial charge in [0.05, 0.1) is 11.8 Å². The average molecular weight is 258 g/mol. The summed E-state index contributed by atoms with van der Waals surface area (Å²) in [5, 5.41) is 11.5. The summed E-state index contributed by atoms with van der Waals surface area (Å²) in [5.74, 6) is 0.0689. The molecule has 5 nitrogen and oxygen atoms in total. The molecule has 0 aromatic heterocycles. The summed E-state index contributed by atoms with van der Waals surface area (Å²) in [6.07, 6.45) is 1.13. The summed E-state index contributed by atoms with van der Waals surface area (Å²) in [4.78, 5) is 11.8. The van der Waals surface area contributed by atoms with Crippen LogP contribution in [-0.4, -0.2) is 32.4 Å². The lowest BCUT2D eigenvalue weighted by Gasteiger charge is -2.39. The first-order chi connectivity index (χ1) is 7.85. The van der Waals surface area contributed by atoms with Crippen LogP contribution in [0.25, 0.3) is 0 Å². The van der Waals surface area contributed by atoms with Gasteiger partial charge in [0.1, 0.15) is 5.41 Å². The summed E-state index contributed by atoms with van der Waals surface area (Å²) in [6.45, 7) is 3.65. The topological polar surface area (TPSA) is 87.0 Å². The highest BCUT2D eigenvalue weighted by Crippen LogP contribution is 2.44. The first-order valence-corrected chi connectivity index (χ1v) is 7.57. The van der Waals surface area contributed by atoms with Crippen LogP contribution < -0.4 is 5.32 Å². The third-order valence-electron chi connectivity index (χ3n) is 3.18. The Hall–Kier alpha value is -1.09. The third kappa shape index (κ3) is 3.19. The van der Waals surface area contributed by atoms with Gasteiger partial charge in [-0.3, -0.25) is 4.79 Å². The van der Waals surface area contributed by atoms with Crippen LogP contribution in [0.3, 0.4) is 0 Å². The van der Waals surface area contributed by atoms with E-state index in [4.69, 9.17) is 5.26 Å². The van der Waals surface area contributed by atoms with Crippen molar-refractivity contribution in [3.63, 3.8) is 0 Å². The van der Waals surface area contributed by atoms with Crippen LogP contribution in [0, 0.1) is 22.7 Å². The molecule has 0 bridgehead atoms. The van der Waals surface area contributed by atoms with E-state index in [1.165, 1.54) is 0 Å². The number of hydrogen-bond donors (Lipinski definition) is 1. The first-order valence-electron chi connectivity index (χ1n) is 5.75. The van der Waals surface area contributed by atoms with E-state index in [1.54, 1.807) is 6.92 Å². The summed E-state index contributed by atoms with van der Waals surface area (Å²) >= 11 is 0. The molecule has 0 aromatic carbocycles. The molecule has 1 N–H and O–H groups in total. The summed E-state index contributed by atoms with van der Waals surface area (Å²) in [7, 11) is -3.06. The zero-order valence-corrected chi connectivity index (χ0v) is 11.0. The van der Waals surface area contributed by atoms with E-state index >= 15 is 0 Å². The van der Waals surface area contributed by atoms with Crippen molar-refractivity contribution in [3.05, 3.63) is 0 Å². The minimum atomic E-state index is -3.06. The maximum absolute atomic E-state index is 11.8. The fourth-order valence-corrected chi connectivity index (χ4v) is 2.79. The van der Waals surface area contributed by atoms with Gasteiger partial charge in [-0.25, -0.2) is 8.42 Å². The normalized spacial score (nSPS) is 27.9. The SMILES string of the molecule is CCS(=O)(=O)CCNC(=O)C1(C#N)CC(C)C1. The summed E-state index contributed by atoms with van der Waals surface area (Å²) in [6, 6.07) is 2.05. The van der Waals surface area contributed by atoms with Crippen LogP contribution >= 0.6 is 0 Å². The molecule has 0 spiro atoms. The second-order valence-electron chi connectivity index (χ2n) is 4.70. The maximum Gasteiger partial charge on any atom is 0.240 e. The van der Waals surface area contributed by atoms with Crippen molar-refractivity contribution in [3.8, 4) is 6.07 Å². The van der Waals surface area contributed by atoms with E-state index in [2.05, 4.69) is 5.32 Å². The van der Waals surface area contributed by atoms with Gasteiger partial charge in [0.2, 0.25) is 5.91 Å². The van der Waals surface area contributed by atoms with Crippen molar-refractivity contribution in [2.45, 2.75) is 26.7 Å². The van der Waals surface area contributed by atoms with E-state index in [0.29, 0.717) is 18.8 Å². The molecule has 0 aliphatic heterocycles. The second kappa shape index (κ2) is 5.05. The van der Waals surface area contributed by atoms with E-state index < -0.39 is 15.3 Å². The molecule has 0 heterocycles. The van der Waals surface area contributed by atoms with Crippen LogP contribution in [-0.2, 0) is 14.6 Å².